The lowest BCUT2D eigenvalue weighted by Gasteiger charge is -2.33. The molecule has 19 heavy (non-hydrogen) atoms. The number of urea groups is 1. The molecule has 1 atom stereocenters. The SMILES string of the molecule is CC1CC(NC(=O)NC(C)c2nc(C(=O)O)cs2)C1. The Hall–Kier alpha value is -1.63. The Kier molecular flexibility index (Phi) is 4.04. The standard InChI is InChI=1S/C12H17N3O3S/c1-6-3-8(4-6)14-12(18)13-7(2)10-15-9(5-19-10)11(16)17/h5-8H,3-4H2,1-2H3,(H,16,17)(H2,13,14,18). The maximum absolute atomic E-state index is 11.7. The van der Waals surface area contributed by atoms with Crippen molar-refractivity contribution in [2.24, 2.45) is 5.92 Å². The van der Waals surface area contributed by atoms with Gasteiger partial charge in [0.15, 0.2) is 5.69 Å². The van der Waals surface area contributed by atoms with Crippen molar-refractivity contribution < 1.29 is 14.7 Å². The average Bonchev–Trinajstić information content (AvgIpc) is 2.76. The second-order valence-corrected chi connectivity index (χ2v) is 5.88. The number of nitrogens with zero attached hydrogens (tertiary/aromatic N) is 1. The molecule has 1 aromatic heterocycles. The van der Waals surface area contributed by atoms with Crippen molar-refractivity contribution in [3.05, 3.63) is 16.1 Å². The minimum absolute atomic E-state index is 0.0156. The van der Waals surface area contributed by atoms with Crippen LogP contribution in [0.15, 0.2) is 5.38 Å². The van der Waals surface area contributed by atoms with E-state index in [2.05, 4.69) is 22.5 Å². The van der Waals surface area contributed by atoms with Gasteiger partial charge in [-0.2, -0.15) is 0 Å². The van der Waals surface area contributed by atoms with Crippen LogP contribution >= 0.6 is 11.3 Å². The Morgan fingerprint density at radius 1 is 1.53 bits per heavy atom. The first-order valence-electron chi connectivity index (χ1n) is 6.21. The molecule has 0 spiro atoms. The van der Waals surface area contributed by atoms with Gasteiger partial charge in [-0.1, -0.05) is 6.92 Å². The second-order valence-electron chi connectivity index (χ2n) is 4.99. The third-order valence-corrected chi connectivity index (χ3v) is 4.20. The molecule has 1 saturated carbocycles. The molecule has 0 aliphatic heterocycles. The molecule has 0 bridgehead atoms. The van der Waals surface area contributed by atoms with Crippen molar-refractivity contribution in [1.29, 1.82) is 0 Å². The van der Waals surface area contributed by atoms with E-state index in [1.54, 1.807) is 6.92 Å². The number of amides is 2. The van der Waals surface area contributed by atoms with E-state index >= 15 is 0 Å². The zero-order valence-corrected chi connectivity index (χ0v) is 11.7. The number of carboxylic acid groups (broad SMARTS) is 1. The van der Waals surface area contributed by atoms with E-state index in [0.717, 1.165) is 12.8 Å². The molecule has 1 aliphatic rings. The van der Waals surface area contributed by atoms with Crippen molar-refractivity contribution in [1.82, 2.24) is 15.6 Å². The molecule has 0 aromatic carbocycles. The van der Waals surface area contributed by atoms with Gasteiger partial charge in [-0.05, 0) is 25.7 Å². The van der Waals surface area contributed by atoms with Gasteiger partial charge in [0.05, 0.1) is 6.04 Å². The van der Waals surface area contributed by atoms with Crippen molar-refractivity contribution in [3.63, 3.8) is 0 Å². The number of thiazole rings is 1. The third kappa shape index (κ3) is 3.44. The Balaban J connectivity index is 1.83. The molecule has 6 nitrogen and oxygen atoms in total. The third-order valence-electron chi connectivity index (χ3n) is 3.17. The molecule has 7 heteroatoms. The lowest BCUT2D eigenvalue weighted by molar-refractivity contribution is 0.0691. The summed E-state index contributed by atoms with van der Waals surface area (Å²) in [7, 11) is 0. The Morgan fingerprint density at radius 2 is 2.21 bits per heavy atom. The van der Waals surface area contributed by atoms with Crippen LogP contribution in [0.4, 0.5) is 4.79 Å². The van der Waals surface area contributed by atoms with Gasteiger partial charge in [-0.25, -0.2) is 14.6 Å². The van der Waals surface area contributed by atoms with Gasteiger partial charge in [0.1, 0.15) is 5.01 Å². The van der Waals surface area contributed by atoms with Crippen molar-refractivity contribution >= 4 is 23.3 Å². The van der Waals surface area contributed by atoms with Gasteiger partial charge in [0, 0.05) is 11.4 Å². The zero-order valence-electron chi connectivity index (χ0n) is 10.8. The molecule has 3 N–H and O–H groups in total. The fourth-order valence-electron chi connectivity index (χ4n) is 2.09. The predicted molar refractivity (Wildman–Crippen MR) is 71.3 cm³/mol. The summed E-state index contributed by atoms with van der Waals surface area (Å²) in [5, 5.41) is 16.5. The van der Waals surface area contributed by atoms with Gasteiger partial charge >= 0.3 is 12.0 Å². The lowest BCUT2D eigenvalue weighted by Crippen LogP contribution is -2.48. The molecule has 2 amide bonds. The summed E-state index contributed by atoms with van der Waals surface area (Å²) in [6.07, 6.45) is 2.03. The quantitative estimate of drug-likeness (QED) is 0.788. The number of carbonyl (C=O) groups is 2. The highest BCUT2D eigenvalue weighted by Crippen LogP contribution is 2.26. The number of nitrogens with one attached hydrogen (secondary N) is 2. The smallest absolute Gasteiger partial charge is 0.355 e. The van der Waals surface area contributed by atoms with Gasteiger partial charge in [0.2, 0.25) is 0 Å². The summed E-state index contributed by atoms with van der Waals surface area (Å²) in [5.74, 6) is -0.373. The molecular formula is C12H17N3O3S. The average molecular weight is 283 g/mol. The molecule has 0 radical (unpaired) electrons. The normalized spacial score (nSPS) is 23.3. The number of carbonyl (C=O) groups excluding carboxylic acids is 1. The fourth-order valence-corrected chi connectivity index (χ4v) is 2.89. The molecule has 2 rings (SSSR count). The highest BCUT2D eigenvalue weighted by Gasteiger charge is 2.27. The second kappa shape index (κ2) is 5.56. The summed E-state index contributed by atoms with van der Waals surface area (Å²) in [4.78, 5) is 26.4. The highest BCUT2D eigenvalue weighted by molar-refractivity contribution is 7.09. The van der Waals surface area contributed by atoms with E-state index in [9.17, 15) is 9.59 Å². The first-order valence-corrected chi connectivity index (χ1v) is 7.09. The van der Waals surface area contributed by atoms with E-state index in [4.69, 9.17) is 5.11 Å². The van der Waals surface area contributed by atoms with E-state index in [0.29, 0.717) is 10.9 Å². The first-order chi connectivity index (χ1) is 8.95. The van der Waals surface area contributed by atoms with Gasteiger partial charge in [0.25, 0.3) is 0 Å². The molecule has 1 fully saturated rings. The van der Waals surface area contributed by atoms with Gasteiger partial charge < -0.3 is 15.7 Å². The molecule has 0 saturated heterocycles. The lowest BCUT2D eigenvalue weighted by atomic mass is 9.82. The minimum atomic E-state index is -1.05. The highest BCUT2D eigenvalue weighted by atomic mass is 32.1. The van der Waals surface area contributed by atoms with Crippen LogP contribution in [0.3, 0.4) is 0 Å². The number of aromatic nitrogens is 1. The monoisotopic (exact) mass is 283 g/mol. The summed E-state index contributed by atoms with van der Waals surface area (Å²) < 4.78 is 0. The van der Waals surface area contributed by atoms with Crippen LogP contribution in [0.5, 0.6) is 0 Å². The predicted octanol–water partition coefficient (Wildman–Crippen LogP) is 2.00. The van der Waals surface area contributed by atoms with Crippen LogP contribution < -0.4 is 10.6 Å². The van der Waals surface area contributed by atoms with Crippen LogP contribution in [0.25, 0.3) is 0 Å². The maximum Gasteiger partial charge on any atom is 0.355 e. The molecular weight excluding hydrogens is 266 g/mol. The van der Waals surface area contributed by atoms with E-state index in [-0.39, 0.29) is 23.8 Å². The summed E-state index contributed by atoms with van der Waals surface area (Å²) in [6.45, 7) is 3.94. The Morgan fingerprint density at radius 3 is 2.74 bits per heavy atom. The van der Waals surface area contributed by atoms with Crippen LogP contribution in [0.1, 0.15) is 48.2 Å². The zero-order chi connectivity index (χ0) is 14.0. The van der Waals surface area contributed by atoms with Crippen molar-refractivity contribution in [2.45, 2.75) is 38.8 Å². The van der Waals surface area contributed by atoms with Crippen LogP contribution in [-0.4, -0.2) is 28.1 Å². The maximum atomic E-state index is 11.7. The van der Waals surface area contributed by atoms with Crippen molar-refractivity contribution in [3.8, 4) is 0 Å². The molecule has 1 aromatic rings. The number of carboxylic acids is 1. The number of aromatic carboxylic acids is 1. The minimum Gasteiger partial charge on any atom is -0.476 e. The van der Waals surface area contributed by atoms with Crippen molar-refractivity contribution in [2.75, 3.05) is 0 Å². The van der Waals surface area contributed by atoms with Crippen LogP contribution in [-0.2, 0) is 0 Å². The largest absolute Gasteiger partial charge is 0.476 e. The fraction of sp³-hybridized carbons (Fsp3) is 0.583. The van der Waals surface area contributed by atoms with Crippen LogP contribution in [0, 0.1) is 5.92 Å². The van der Waals surface area contributed by atoms with E-state index in [1.165, 1.54) is 16.7 Å². The van der Waals surface area contributed by atoms with E-state index in [1.807, 2.05) is 0 Å². The van der Waals surface area contributed by atoms with Crippen LogP contribution in [0.2, 0.25) is 0 Å². The summed E-state index contributed by atoms with van der Waals surface area (Å²) in [6, 6.07) is -0.264. The first kappa shape index (κ1) is 13.8. The Labute approximate surface area is 115 Å². The number of hydrogen-bond donors (Lipinski definition) is 3. The number of rotatable bonds is 4. The number of hydrogen-bond acceptors (Lipinski definition) is 4. The molecule has 1 heterocycles. The molecule has 104 valence electrons. The summed E-state index contributed by atoms with van der Waals surface area (Å²) >= 11 is 1.23. The van der Waals surface area contributed by atoms with E-state index < -0.39 is 5.97 Å². The summed E-state index contributed by atoms with van der Waals surface area (Å²) in [5.41, 5.74) is 0.0156. The topological polar surface area (TPSA) is 91.3 Å². The van der Waals surface area contributed by atoms with Gasteiger partial charge in [-0.3, -0.25) is 0 Å². The molecule has 1 unspecified atom stereocenters. The Bertz CT molecular complexity index is 482. The molecule has 1 aliphatic carbocycles. The van der Waals surface area contributed by atoms with Gasteiger partial charge in [-0.15, -0.1) is 11.3 Å².